The molecule has 0 radical (unpaired) electrons. The monoisotopic (exact) mass is 287 g/mol. The zero-order chi connectivity index (χ0) is 11.8. The minimum Gasteiger partial charge on any atom is -0.337 e. The van der Waals surface area contributed by atoms with Crippen LogP contribution in [0.4, 0.5) is 0 Å². The van der Waals surface area contributed by atoms with Crippen molar-refractivity contribution in [2.75, 3.05) is 0 Å². The second kappa shape index (κ2) is 3.96. The first kappa shape index (κ1) is 10.5. The van der Waals surface area contributed by atoms with Gasteiger partial charge in [-0.2, -0.15) is 0 Å². The molecule has 1 aromatic carbocycles. The highest BCUT2D eigenvalue weighted by Crippen LogP contribution is 2.21. The molecule has 0 unspecified atom stereocenters. The molecule has 0 aliphatic carbocycles. The van der Waals surface area contributed by atoms with E-state index in [0.717, 1.165) is 27.0 Å². The van der Waals surface area contributed by atoms with Crippen LogP contribution in [0.5, 0.6) is 0 Å². The third kappa shape index (κ3) is 1.96. The lowest BCUT2D eigenvalue weighted by atomic mass is 10.1. The van der Waals surface area contributed by atoms with Gasteiger partial charge in [-0.15, -0.1) is 0 Å². The Morgan fingerprint density at radius 3 is 2.71 bits per heavy atom. The van der Waals surface area contributed by atoms with Gasteiger partial charge in [0.2, 0.25) is 0 Å². The number of hydrogen-bond donors (Lipinski definition) is 1. The van der Waals surface area contributed by atoms with Gasteiger partial charge in [0.15, 0.2) is 5.65 Å². The normalized spacial score (nSPS) is 10.9. The molecule has 1 N–H and O–H groups in total. The number of aromatic amines is 1. The van der Waals surface area contributed by atoms with Crippen molar-refractivity contribution in [3.8, 4) is 11.4 Å². The van der Waals surface area contributed by atoms with Crippen LogP contribution in [0, 0.1) is 6.92 Å². The number of halogens is 1. The largest absolute Gasteiger partial charge is 0.337 e. The fourth-order valence-corrected chi connectivity index (χ4v) is 2.05. The molecule has 0 aliphatic rings. The molecule has 2 heterocycles. The summed E-state index contributed by atoms with van der Waals surface area (Å²) in [5, 5.41) is 0. The molecule has 0 saturated carbocycles. The molecule has 0 spiro atoms. The van der Waals surface area contributed by atoms with Crippen LogP contribution in [0.3, 0.4) is 0 Å². The maximum absolute atomic E-state index is 4.47. The van der Waals surface area contributed by atoms with Gasteiger partial charge in [-0.05, 0) is 28.9 Å². The lowest BCUT2D eigenvalue weighted by Crippen LogP contribution is -1.80. The van der Waals surface area contributed by atoms with E-state index < -0.39 is 0 Å². The molecule has 3 aromatic rings. The summed E-state index contributed by atoms with van der Waals surface area (Å²) in [5.41, 5.74) is 3.99. The van der Waals surface area contributed by atoms with Crippen molar-refractivity contribution < 1.29 is 0 Å². The highest BCUT2D eigenvalue weighted by atomic mass is 79.9. The van der Waals surface area contributed by atoms with Crippen LogP contribution >= 0.6 is 15.9 Å². The third-order valence-electron chi connectivity index (χ3n) is 2.63. The molecule has 17 heavy (non-hydrogen) atoms. The van der Waals surface area contributed by atoms with E-state index >= 15 is 0 Å². The maximum Gasteiger partial charge on any atom is 0.178 e. The zero-order valence-electron chi connectivity index (χ0n) is 9.24. The summed E-state index contributed by atoms with van der Waals surface area (Å²) in [6.45, 7) is 2.07. The zero-order valence-corrected chi connectivity index (χ0v) is 10.8. The Labute approximate surface area is 107 Å². The molecule has 2 aromatic heterocycles. The third-order valence-corrected chi connectivity index (χ3v) is 3.06. The number of H-pyrrole nitrogens is 1. The molecule has 0 fully saturated rings. The maximum atomic E-state index is 4.47. The van der Waals surface area contributed by atoms with E-state index in [1.807, 2.05) is 6.07 Å². The van der Waals surface area contributed by atoms with E-state index in [4.69, 9.17) is 0 Å². The quantitative estimate of drug-likeness (QED) is 0.742. The second-order valence-electron chi connectivity index (χ2n) is 3.98. The van der Waals surface area contributed by atoms with Gasteiger partial charge in [-0.1, -0.05) is 29.8 Å². The van der Waals surface area contributed by atoms with Gasteiger partial charge in [-0.3, -0.25) is 0 Å². The first-order chi connectivity index (χ1) is 8.22. The molecule has 84 valence electrons. The number of hydrogen-bond acceptors (Lipinski definition) is 2. The Balaban J connectivity index is 2.14. The molecule has 3 rings (SSSR count). The Hall–Kier alpha value is -1.68. The molecule has 0 saturated heterocycles. The lowest BCUT2D eigenvalue weighted by Gasteiger charge is -1.96. The van der Waals surface area contributed by atoms with Crippen LogP contribution in [0.2, 0.25) is 0 Å². The number of aromatic nitrogens is 3. The van der Waals surface area contributed by atoms with Gasteiger partial charge in [0.25, 0.3) is 0 Å². The van der Waals surface area contributed by atoms with E-state index in [9.17, 15) is 0 Å². The second-order valence-corrected chi connectivity index (χ2v) is 4.89. The number of fused-ring (bicyclic) bond motifs is 1. The Bertz CT molecular complexity index is 671. The number of pyridine rings is 1. The van der Waals surface area contributed by atoms with Crippen molar-refractivity contribution in [1.29, 1.82) is 0 Å². The number of rotatable bonds is 1. The van der Waals surface area contributed by atoms with Crippen molar-refractivity contribution >= 4 is 27.1 Å². The minimum atomic E-state index is 0.740. The summed E-state index contributed by atoms with van der Waals surface area (Å²) in [6, 6.07) is 10.2. The van der Waals surface area contributed by atoms with Gasteiger partial charge in [-0.25, -0.2) is 9.97 Å². The number of imidazole rings is 1. The Morgan fingerprint density at radius 2 is 1.94 bits per heavy atom. The minimum absolute atomic E-state index is 0.740. The standard InChI is InChI=1S/C13H10BrN3/c1-8-2-4-9(5-3-8)12-16-11-6-10(14)7-15-13(11)17-12/h2-7H,1H3,(H,15,16,17). The van der Waals surface area contributed by atoms with E-state index in [1.165, 1.54) is 5.56 Å². The van der Waals surface area contributed by atoms with E-state index in [0.29, 0.717) is 0 Å². The Kier molecular flexibility index (Phi) is 2.44. The molecule has 0 aliphatic heterocycles. The number of nitrogens with zero attached hydrogens (tertiary/aromatic N) is 2. The smallest absolute Gasteiger partial charge is 0.178 e. The van der Waals surface area contributed by atoms with Crippen LogP contribution in [-0.4, -0.2) is 15.0 Å². The molecular formula is C13H10BrN3. The summed E-state index contributed by atoms with van der Waals surface area (Å²) in [4.78, 5) is 12.0. The summed E-state index contributed by atoms with van der Waals surface area (Å²) >= 11 is 3.40. The molecule has 3 nitrogen and oxygen atoms in total. The van der Waals surface area contributed by atoms with E-state index in [2.05, 4.69) is 62.1 Å². The summed E-state index contributed by atoms with van der Waals surface area (Å²) in [5.74, 6) is 0.852. The van der Waals surface area contributed by atoms with Gasteiger partial charge in [0.05, 0.1) is 5.52 Å². The first-order valence-corrected chi connectivity index (χ1v) is 6.10. The highest BCUT2D eigenvalue weighted by Gasteiger charge is 2.06. The van der Waals surface area contributed by atoms with Crippen LogP contribution < -0.4 is 0 Å². The lowest BCUT2D eigenvalue weighted by molar-refractivity contribution is 1.29. The number of nitrogens with one attached hydrogen (secondary N) is 1. The van der Waals surface area contributed by atoms with Gasteiger partial charge in [0.1, 0.15) is 5.82 Å². The number of benzene rings is 1. The van der Waals surface area contributed by atoms with E-state index in [-0.39, 0.29) is 0 Å². The highest BCUT2D eigenvalue weighted by molar-refractivity contribution is 9.10. The van der Waals surface area contributed by atoms with Crippen LogP contribution in [0.15, 0.2) is 41.0 Å². The topological polar surface area (TPSA) is 41.6 Å². The summed E-state index contributed by atoms with van der Waals surface area (Å²) in [6.07, 6.45) is 1.75. The van der Waals surface area contributed by atoms with Crippen molar-refractivity contribution in [3.05, 3.63) is 46.6 Å². The predicted molar refractivity (Wildman–Crippen MR) is 71.8 cm³/mol. The molecule has 0 bridgehead atoms. The Morgan fingerprint density at radius 1 is 1.18 bits per heavy atom. The fourth-order valence-electron chi connectivity index (χ4n) is 1.72. The average molecular weight is 288 g/mol. The first-order valence-electron chi connectivity index (χ1n) is 5.31. The summed E-state index contributed by atoms with van der Waals surface area (Å²) < 4.78 is 0.948. The van der Waals surface area contributed by atoms with Crippen LogP contribution in [0.25, 0.3) is 22.6 Å². The molecular weight excluding hydrogens is 278 g/mol. The van der Waals surface area contributed by atoms with Crippen molar-refractivity contribution in [1.82, 2.24) is 15.0 Å². The molecule has 0 atom stereocenters. The summed E-state index contributed by atoms with van der Waals surface area (Å²) in [7, 11) is 0. The SMILES string of the molecule is Cc1ccc(-c2nc3ncc(Br)cc3[nH]2)cc1. The van der Waals surface area contributed by atoms with Gasteiger partial charge < -0.3 is 4.98 Å². The molecule has 0 amide bonds. The van der Waals surface area contributed by atoms with Gasteiger partial charge in [0, 0.05) is 16.2 Å². The van der Waals surface area contributed by atoms with Crippen LogP contribution in [-0.2, 0) is 0 Å². The molecule has 4 heteroatoms. The van der Waals surface area contributed by atoms with Crippen molar-refractivity contribution in [2.45, 2.75) is 6.92 Å². The van der Waals surface area contributed by atoms with E-state index in [1.54, 1.807) is 6.20 Å². The van der Waals surface area contributed by atoms with Crippen LogP contribution in [0.1, 0.15) is 5.56 Å². The van der Waals surface area contributed by atoms with Crippen molar-refractivity contribution in [2.24, 2.45) is 0 Å². The van der Waals surface area contributed by atoms with Crippen molar-refractivity contribution in [3.63, 3.8) is 0 Å². The average Bonchev–Trinajstić information content (AvgIpc) is 2.72. The van der Waals surface area contributed by atoms with Gasteiger partial charge >= 0.3 is 0 Å². The number of aryl methyl sites for hydroxylation is 1. The predicted octanol–water partition coefficient (Wildman–Crippen LogP) is 3.70. The fraction of sp³-hybridized carbons (Fsp3) is 0.0769.